The normalized spacial score (nSPS) is 15.9. The highest BCUT2D eigenvalue weighted by molar-refractivity contribution is 8.00. The van der Waals surface area contributed by atoms with E-state index in [1.54, 1.807) is 18.9 Å². The van der Waals surface area contributed by atoms with E-state index in [-0.39, 0.29) is 17.4 Å². The molecule has 1 aromatic rings. The molecule has 0 aromatic heterocycles. The van der Waals surface area contributed by atoms with E-state index >= 15 is 0 Å². The molecule has 1 aromatic carbocycles. The van der Waals surface area contributed by atoms with Crippen LogP contribution < -0.4 is 10.1 Å². The Morgan fingerprint density at radius 3 is 2.53 bits per heavy atom. The van der Waals surface area contributed by atoms with Gasteiger partial charge >= 0.3 is 0 Å². The maximum Gasteiger partial charge on any atom is 0.124 e. The third-order valence-corrected chi connectivity index (χ3v) is 4.56. The second kappa shape index (κ2) is 7.78. The summed E-state index contributed by atoms with van der Waals surface area (Å²) in [7, 11) is 1.70. The molecule has 19 heavy (non-hydrogen) atoms. The van der Waals surface area contributed by atoms with Crippen molar-refractivity contribution in [2.24, 2.45) is 0 Å². The third kappa shape index (κ3) is 4.41. The molecule has 3 atom stereocenters. The molecule has 1 rings (SSSR count). The quantitative estimate of drug-likeness (QED) is 0.754. The first-order chi connectivity index (χ1) is 9.01. The van der Waals surface area contributed by atoms with Gasteiger partial charge < -0.3 is 15.2 Å². The molecular formula is C15H25NO2S. The van der Waals surface area contributed by atoms with E-state index in [0.717, 1.165) is 12.3 Å². The van der Waals surface area contributed by atoms with E-state index in [9.17, 15) is 5.11 Å². The number of ether oxygens (including phenoxy) is 1. The van der Waals surface area contributed by atoms with E-state index in [4.69, 9.17) is 4.74 Å². The lowest BCUT2D eigenvalue weighted by atomic mass is 10.1. The van der Waals surface area contributed by atoms with Gasteiger partial charge in [-0.05, 0) is 32.5 Å². The minimum absolute atomic E-state index is 0.152. The second-order valence-corrected chi connectivity index (χ2v) is 6.13. The first-order valence-electron chi connectivity index (χ1n) is 6.76. The number of aliphatic hydroxyl groups is 1. The smallest absolute Gasteiger partial charge is 0.124 e. The molecule has 0 aliphatic carbocycles. The van der Waals surface area contributed by atoms with Crippen molar-refractivity contribution < 1.29 is 9.84 Å². The van der Waals surface area contributed by atoms with Gasteiger partial charge in [0.15, 0.2) is 0 Å². The van der Waals surface area contributed by atoms with Crippen LogP contribution in [0.4, 0.5) is 0 Å². The number of aliphatic hydroxyl groups excluding tert-OH is 1. The Bertz CT molecular complexity index is 396. The molecule has 0 saturated carbocycles. The lowest BCUT2D eigenvalue weighted by Crippen LogP contribution is -2.20. The Morgan fingerprint density at radius 2 is 2.00 bits per heavy atom. The van der Waals surface area contributed by atoms with Crippen LogP contribution in [-0.2, 0) is 0 Å². The number of rotatable bonds is 7. The molecule has 0 aliphatic heterocycles. The van der Waals surface area contributed by atoms with Crippen molar-refractivity contribution >= 4 is 11.8 Å². The number of benzene rings is 1. The van der Waals surface area contributed by atoms with Crippen molar-refractivity contribution in [2.45, 2.75) is 50.0 Å². The molecule has 0 heterocycles. The molecular weight excluding hydrogens is 258 g/mol. The molecule has 0 spiro atoms. The summed E-state index contributed by atoms with van der Waals surface area (Å²) in [6, 6.07) is 6.30. The van der Waals surface area contributed by atoms with Gasteiger partial charge in [-0.2, -0.15) is 0 Å². The summed E-state index contributed by atoms with van der Waals surface area (Å²) in [5.74, 6) is 0.899. The molecule has 0 amide bonds. The predicted octanol–water partition coefficient (Wildman–Crippen LogP) is 3.23. The Balaban J connectivity index is 3.08. The fourth-order valence-electron chi connectivity index (χ4n) is 1.94. The van der Waals surface area contributed by atoms with E-state index in [1.165, 1.54) is 10.5 Å². The van der Waals surface area contributed by atoms with Gasteiger partial charge in [-0.15, -0.1) is 11.8 Å². The monoisotopic (exact) mass is 283 g/mol. The molecule has 3 unspecified atom stereocenters. The van der Waals surface area contributed by atoms with Gasteiger partial charge in [0, 0.05) is 21.8 Å². The molecule has 0 aliphatic rings. The fourth-order valence-corrected chi connectivity index (χ4v) is 3.10. The molecule has 0 saturated heterocycles. The van der Waals surface area contributed by atoms with Crippen LogP contribution in [0.25, 0.3) is 0 Å². The van der Waals surface area contributed by atoms with Crippen LogP contribution >= 0.6 is 11.8 Å². The zero-order valence-electron chi connectivity index (χ0n) is 12.4. The summed E-state index contributed by atoms with van der Waals surface area (Å²) >= 11 is 1.69. The summed E-state index contributed by atoms with van der Waals surface area (Å²) in [5, 5.41) is 13.2. The van der Waals surface area contributed by atoms with Crippen molar-refractivity contribution in [3.05, 3.63) is 23.8 Å². The van der Waals surface area contributed by atoms with Crippen molar-refractivity contribution in [2.75, 3.05) is 13.7 Å². The van der Waals surface area contributed by atoms with Gasteiger partial charge in [0.25, 0.3) is 0 Å². The maximum atomic E-state index is 9.67. The van der Waals surface area contributed by atoms with Gasteiger partial charge in [-0.25, -0.2) is 0 Å². The average Bonchev–Trinajstić information content (AvgIpc) is 2.38. The first-order valence-corrected chi connectivity index (χ1v) is 7.64. The van der Waals surface area contributed by atoms with Gasteiger partial charge in [0.1, 0.15) is 5.75 Å². The SMILES string of the molecule is CCNC(C)c1c(OC)cccc1SC(C)C(C)O. The van der Waals surface area contributed by atoms with Gasteiger partial charge in [-0.3, -0.25) is 0 Å². The zero-order chi connectivity index (χ0) is 14.4. The van der Waals surface area contributed by atoms with Gasteiger partial charge in [-0.1, -0.05) is 19.9 Å². The minimum atomic E-state index is -0.335. The maximum absolute atomic E-state index is 9.67. The lowest BCUT2D eigenvalue weighted by Gasteiger charge is -2.22. The second-order valence-electron chi connectivity index (χ2n) is 4.72. The van der Waals surface area contributed by atoms with Crippen LogP contribution in [0.3, 0.4) is 0 Å². The third-order valence-electron chi connectivity index (χ3n) is 3.18. The Hall–Kier alpha value is -0.710. The fraction of sp³-hybridized carbons (Fsp3) is 0.600. The van der Waals surface area contributed by atoms with Crippen LogP contribution in [0.5, 0.6) is 5.75 Å². The van der Waals surface area contributed by atoms with E-state index in [0.29, 0.717) is 0 Å². The molecule has 3 nitrogen and oxygen atoms in total. The van der Waals surface area contributed by atoms with Crippen LogP contribution in [0.15, 0.2) is 23.1 Å². The number of methoxy groups -OCH3 is 1. The van der Waals surface area contributed by atoms with Crippen molar-refractivity contribution in [1.82, 2.24) is 5.32 Å². The number of hydrogen-bond donors (Lipinski definition) is 2. The summed E-state index contributed by atoms with van der Waals surface area (Å²) in [6.07, 6.45) is -0.335. The molecule has 0 fully saturated rings. The van der Waals surface area contributed by atoms with Crippen LogP contribution in [0, 0.1) is 0 Å². The average molecular weight is 283 g/mol. The number of hydrogen-bond acceptors (Lipinski definition) is 4. The highest BCUT2D eigenvalue weighted by atomic mass is 32.2. The standard InChI is InChI=1S/C15H25NO2S/c1-6-16-10(2)15-13(18-5)8-7-9-14(15)19-12(4)11(3)17/h7-12,16-17H,6H2,1-5H3. The van der Waals surface area contributed by atoms with E-state index < -0.39 is 0 Å². The molecule has 4 heteroatoms. The van der Waals surface area contributed by atoms with Crippen molar-refractivity contribution in [1.29, 1.82) is 0 Å². The predicted molar refractivity (Wildman–Crippen MR) is 82.1 cm³/mol. The summed E-state index contributed by atoms with van der Waals surface area (Å²) in [5.41, 5.74) is 1.17. The van der Waals surface area contributed by atoms with E-state index in [2.05, 4.69) is 25.2 Å². The van der Waals surface area contributed by atoms with Gasteiger partial charge in [0.05, 0.1) is 13.2 Å². The molecule has 0 bridgehead atoms. The highest BCUT2D eigenvalue weighted by Gasteiger charge is 2.19. The molecule has 108 valence electrons. The summed E-state index contributed by atoms with van der Waals surface area (Å²) in [4.78, 5) is 1.17. The summed E-state index contributed by atoms with van der Waals surface area (Å²) in [6.45, 7) is 9.01. The minimum Gasteiger partial charge on any atom is -0.496 e. The van der Waals surface area contributed by atoms with Crippen LogP contribution in [0.2, 0.25) is 0 Å². The largest absolute Gasteiger partial charge is 0.496 e. The van der Waals surface area contributed by atoms with Crippen LogP contribution in [-0.4, -0.2) is 30.1 Å². The van der Waals surface area contributed by atoms with Crippen molar-refractivity contribution in [3.8, 4) is 5.75 Å². The highest BCUT2D eigenvalue weighted by Crippen LogP contribution is 2.37. The first kappa shape index (κ1) is 16.3. The molecule has 0 radical (unpaired) electrons. The van der Waals surface area contributed by atoms with Gasteiger partial charge in [0.2, 0.25) is 0 Å². The lowest BCUT2D eigenvalue weighted by molar-refractivity contribution is 0.196. The Morgan fingerprint density at radius 1 is 1.32 bits per heavy atom. The summed E-state index contributed by atoms with van der Waals surface area (Å²) < 4.78 is 5.48. The zero-order valence-corrected chi connectivity index (χ0v) is 13.3. The molecule has 2 N–H and O–H groups in total. The Kier molecular flexibility index (Phi) is 6.69. The van der Waals surface area contributed by atoms with Crippen LogP contribution in [0.1, 0.15) is 39.3 Å². The Labute approximate surface area is 120 Å². The number of thioether (sulfide) groups is 1. The van der Waals surface area contributed by atoms with E-state index in [1.807, 2.05) is 26.0 Å². The number of nitrogens with one attached hydrogen (secondary N) is 1. The topological polar surface area (TPSA) is 41.5 Å². The van der Waals surface area contributed by atoms with Crippen molar-refractivity contribution in [3.63, 3.8) is 0 Å².